The van der Waals surface area contributed by atoms with E-state index in [0.717, 1.165) is 0 Å². The molecule has 2 heteroatoms. The molecule has 8 aromatic rings. The van der Waals surface area contributed by atoms with Gasteiger partial charge in [0.15, 0.2) is 0 Å². The summed E-state index contributed by atoms with van der Waals surface area (Å²) < 4.78 is 5.12. The summed E-state index contributed by atoms with van der Waals surface area (Å²) in [5, 5.41) is 5.37. The van der Waals surface area contributed by atoms with Gasteiger partial charge in [-0.1, -0.05) is 113 Å². The first-order chi connectivity index (χ1) is 21.3. The van der Waals surface area contributed by atoms with Gasteiger partial charge in [-0.25, -0.2) is 0 Å². The lowest BCUT2D eigenvalue weighted by Crippen LogP contribution is -2.43. The minimum Gasteiger partial charge on any atom is -0.309 e. The van der Waals surface area contributed by atoms with Crippen LogP contribution in [0, 0.1) is 0 Å². The van der Waals surface area contributed by atoms with Crippen LogP contribution in [0.5, 0.6) is 0 Å². The van der Waals surface area contributed by atoms with Crippen LogP contribution >= 0.6 is 11.3 Å². The highest BCUT2D eigenvalue weighted by Gasteiger charge is 2.46. The maximum absolute atomic E-state index is 2.48. The maximum Gasteiger partial charge on any atom is 0.0541 e. The van der Waals surface area contributed by atoms with E-state index in [1.165, 1.54) is 81.0 Å². The predicted molar refractivity (Wildman–Crippen MR) is 191 cm³/mol. The van der Waals surface area contributed by atoms with Crippen molar-refractivity contribution in [3.63, 3.8) is 0 Å². The van der Waals surface area contributed by atoms with Crippen molar-refractivity contribution in [1.29, 1.82) is 0 Å². The summed E-state index contributed by atoms with van der Waals surface area (Å²) in [4.78, 5) is 0. The highest BCUT2D eigenvalue weighted by molar-refractivity contribution is 7.25. The van der Waals surface area contributed by atoms with Crippen LogP contribution in [-0.2, 0) is 10.8 Å². The van der Waals surface area contributed by atoms with E-state index in [2.05, 4.69) is 160 Å². The molecule has 2 heterocycles. The van der Waals surface area contributed by atoms with Crippen molar-refractivity contribution in [2.75, 3.05) is 0 Å². The average Bonchev–Trinajstić information content (AvgIpc) is 3.60. The average molecular weight is 584 g/mol. The van der Waals surface area contributed by atoms with E-state index >= 15 is 0 Å². The van der Waals surface area contributed by atoms with Crippen molar-refractivity contribution in [3.05, 3.63) is 139 Å². The molecule has 44 heavy (non-hydrogen) atoms. The topological polar surface area (TPSA) is 4.93 Å². The normalized spacial score (nSPS) is 15.2. The third-order valence-electron chi connectivity index (χ3n) is 10.8. The first-order valence-corrected chi connectivity index (χ1v) is 16.3. The Kier molecular flexibility index (Phi) is 5.24. The minimum atomic E-state index is -0.0479. The number of aromatic nitrogens is 1. The SMILES string of the molecule is CC1(C)c2cc(-c3ccc(-n4c5ccccc5c5ccccc54)cc3)ccc2-c2c(ccc3sc4ccccc4c23)C1(C)C. The molecule has 0 spiro atoms. The summed E-state index contributed by atoms with van der Waals surface area (Å²) in [7, 11) is 0. The van der Waals surface area contributed by atoms with Gasteiger partial charge in [0.05, 0.1) is 11.0 Å². The second kappa shape index (κ2) is 8.94. The molecule has 0 saturated carbocycles. The van der Waals surface area contributed by atoms with E-state index in [0.29, 0.717) is 0 Å². The molecule has 0 atom stereocenters. The van der Waals surface area contributed by atoms with E-state index in [9.17, 15) is 0 Å². The zero-order valence-corrected chi connectivity index (χ0v) is 26.3. The summed E-state index contributed by atoms with van der Waals surface area (Å²) in [6.45, 7) is 9.73. The number of para-hydroxylation sites is 2. The number of benzene rings is 6. The van der Waals surface area contributed by atoms with Crippen molar-refractivity contribution in [2.24, 2.45) is 0 Å². The summed E-state index contributed by atoms with van der Waals surface area (Å²) in [6.07, 6.45) is 0. The fourth-order valence-corrected chi connectivity index (χ4v) is 8.87. The molecule has 0 unspecified atom stereocenters. The molecule has 0 aliphatic heterocycles. The van der Waals surface area contributed by atoms with Gasteiger partial charge >= 0.3 is 0 Å². The third-order valence-corrected chi connectivity index (χ3v) is 11.9. The molecule has 1 aliphatic rings. The van der Waals surface area contributed by atoms with Crippen LogP contribution in [0.25, 0.3) is 69.9 Å². The van der Waals surface area contributed by atoms with Gasteiger partial charge in [0.25, 0.3) is 0 Å². The van der Waals surface area contributed by atoms with Crippen molar-refractivity contribution < 1.29 is 0 Å². The Morgan fingerprint density at radius 3 is 1.80 bits per heavy atom. The number of hydrogen-bond acceptors (Lipinski definition) is 1. The molecular weight excluding hydrogens is 551 g/mol. The van der Waals surface area contributed by atoms with Crippen LogP contribution in [0.2, 0.25) is 0 Å². The molecule has 1 aliphatic carbocycles. The lowest BCUT2D eigenvalue weighted by Gasteiger charge is -2.48. The highest BCUT2D eigenvalue weighted by atomic mass is 32.1. The smallest absolute Gasteiger partial charge is 0.0541 e. The number of hydrogen-bond donors (Lipinski definition) is 0. The zero-order chi connectivity index (χ0) is 29.8. The van der Waals surface area contributed by atoms with Crippen molar-refractivity contribution in [1.82, 2.24) is 4.57 Å². The Bertz CT molecular complexity index is 2380. The predicted octanol–water partition coefficient (Wildman–Crippen LogP) is 12.1. The monoisotopic (exact) mass is 583 g/mol. The molecule has 9 rings (SSSR count). The van der Waals surface area contributed by atoms with Crippen molar-refractivity contribution in [3.8, 4) is 27.9 Å². The van der Waals surface area contributed by atoms with Crippen LogP contribution < -0.4 is 0 Å². The number of fused-ring (bicyclic) bond motifs is 10. The first-order valence-electron chi connectivity index (χ1n) is 15.5. The van der Waals surface area contributed by atoms with Crippen molar-refractivity contribution in [2.45, 2.75) is 38.5 Å². The summed E-state index contributed by atoms with van der Waals surface area (Å²) in [6, 6.07) is 47.4. The molecule has 0 fully saturated rings. The first kappa shape index (κ1) is 25.8. The van der Waals surface area contributed by atoms with E-state index in [1.807, 2.05) is 11.3 Å². The quantitative estimate of drug-likeness (QED) is 0.191. The van der Waals surface area contributed by atoms with Crippen LogP contribution in [0.15, 0.2) is 127 Å². The molecule has 212 valence electrons. The lowest BCUT2D eigenvalue weighted by atomic mass is 9.55. The number of nitrogens with zero attached hydrogens (tertiary/aromatic N) is 1. The Hall–Kier alpha value is -4.66. The van der Waals surface area contributed by atoms with Gasteiger partial charge in [0.2, 0.25) is 0 Å². The Morgan fingerprint density at radius 2 is 1.09 bits per heavy atom. The standard InChI is InChI=1S/C42H33NS/c1-41(2)33-23-24-38-40(32-13-7-10-16-37(32)44-38)39(33)31-22-19-27(25-34(31)42(41,3)4)26-17-20-28(21-18-26)43-35-14-8-5-11-29(35)30-12-6-9-15-36(30)43/h5-25H,1-4H3. The Morgan fingerprint density at radius 1 is 0.500 bits per heavy atom. The number of thiophene rings is 1. The molecule has 0 saturated heterocycles. The van der Waals surface area contributed by atoms with Gasteiger partial charge in [-0.05, 0) is 86.7 Å². The van der Waals surface area contributed by atoms with Gasteiger partial charge in [-0.15, -0.1) is 11.3 Å². The molecule has 2 aromatic heterocycles. The van der Waals surface area contributed by atoms with E-state index < -0.39 is 0 Å². The van der Waals surface area contributed by atoms with Gasteiger partial charge < -0.3 is 4.57 Å². The van der Waals surface area contributed by atoms with Crippen LogP contribution in [0.3, 0.4) is 0 Å². The molecular formula is C42H33NS. The third kappa shape index (κ3) is 3.35. The Balaban J connectivity index is 1.22. The molecule has 1 nitrogen and oxygen atoms in total. The van der Waals surface area contributed by atoms with Gasteiger partial charge in [-0.3, -0.25) is 0 Å². The van der Waals surface area contributed by atoms with Crippen LogP contribution in [0.4, 0.5) is 0 Å². The summed E-state index contributed by atoms with van der Waals surface area (Å²) in [5.74, 6) is 0. The number of rotatable bonds is 2. The largest absolute Gasteiger partial charge is 0.309 e. The van der Waals surface area contributed by atoms with Gasteiger partial charge in [0.1, 0.15) is 0 Å². The molecule has 6 aromatic carbocycles. The fraction of sp³-hybridized carbons (Fsp3) is 0.143. The summed E-state index contributed by atoms with van der Waals surface area (Å²) >= 11 is 1.91. The van der Waals surface area contributed by atoms with Crippen LogP contribution in [-0.4, -0.2) is 4.57 Å². The maximum atomic E-state index is 2.48. The Labute approximate surface area is 262 Å². The zero-order valence-electron chi connectivity index (χ0n) is 25.5. The molecule has 0 radical (unpaired) electrons. The molecule has 0 amide bonds. The van der Waals surface area contributed by atoms with E-state index in [-0.39, 0.29) is 10.8 Å². The van der Waals surface area contributed by atoms with Gasteiger partial charge in [0, 0.05) is 36.6 Å². The van der Waals surface area contributed by atoms with E-state index in [1.54, 1.807) is 0 Å². The second-order valence-electron chi connectivity index (χ2n) is 13.4. The van der Waals surface area contributed by atoms with Crippen molar-refractivity contribution >= 4 is 53.3 Å². The lowest BCUT2D eigenvalue weighted by molar-refractivity contribution is 0.299. The van der Waals surface area contributed by atoms with Crippen LogP contribution in [0.1, 0.15) is 38.8 Å². The molecule has 0 N–H and O–H groups in total. The fourth-order valence-electron chi connectivity index (χ4n) is 7.75. The molecule has 0 bridgehead atoms. The highest BCUT2D eigenvalue weighted by Crippen LogP contribution is 2.57. The van der Waals surface area contributed by atoms with Gasteiger partial charge in [-0.2, -0.15) is 0 Å². The second-order valence-corrected chi connectivity index (χ2v) is 14.5. The van der Waals surface area contributed by atoms with E-state index in [4.69, 9.17) is 0 Å². The minimum absolute atomic E-state index is 0.0361. The summed E-state index contributed by atoms with van der Waals surface area (Å²) in [5.41, 5.74) is 11.8.